The van der Waals surface area contributed by atoms with Gasteiger partial charge in [0.1, 0.15) is 11.5 Å². The quantitative estimate of drug-likeness (QED) is 0.557. The summed E-state index contributed by atoms with van der Waals surface area (Å²) in [4.78, 5) is 26.1. The average molecular weight is 500 g/mol. The second-order valence-corrected chi connectivity index (χ2v) is 9.09. The lowest BCUT2D eigenvalue weighted by molar-refractivity contribution is -0.159. The topological polar surface area (TPSA) is 103 Å². The fourth-order valence-electron chi connectivity index (χ4n) is 4.82. The summed E-state index contributed by atoms with van der Waals surface area (Å²) in [5.41, 5.74) is 2.64. The highest BCUT2D eigenvalue weighted by atomic mass is 16.5. The first kappa shape index (κ1) is 27.4. The molecule has 2 aromatic rings. The lowest BCUT2D eigenvalue weighted by atomic mass is 10.0. The van der Waals surface area contributed by atoms with E-state index < -0.39 is 11.9 Å². The summed E-state index contributed by atoms with van der Waals surface area (Å²) in [5.74, 6) is -1.80. The minimum absolute atomic E-state index is 0.741. The van der Waals surface area contributed by atoms with Crippen molar-refractivity contribution in [3.05, 3.63) is 59.7 Å². The maximum atomic E-state index is 9.10. The number of carbonyl (C=O) groups is 2. The van der Waals surface area contributed by atoms with Crippen LogP contribution in [0.15, 0.2) is 48.5 Å². The summed E-state index contributed by atoms with van der Waals surface area (Å²) >= 11 is 0. The van der Waals surface area contributed by atoms with E-state index in [0.29, 0.717) is 0 Å². The Morgan fingerprint density at radius 1 is 0.806 bits per heavy atom. The molecule has 2 aliphatic rings. The van der Waals surface area contributed by atoms with E-state index in [1.54, 1.807) is 14.2 Å². The Morgan fingerprint density at radius 2 is 1.42 bits per heavy atom. The molecule has 9 heteroatoms. The van der Waals surface area contributed by atoms with Crippen LogP contribution in [0.2, 0.25) is 0 Å². The van der Waals surface area contributed by atoms with Crippen molar-refractivity contribution >= 4 is 11.9 Å². The van der Waals surface area contributed by atoms with Gasteiger partial charge in [0.15, 0.2) is 0 Å². The second-order valence-electron chi connectivity index (χ2n) is 9.09. The number of carboxylic acids is 2. The van der Waals surface area contributed by atoms with E-state index >= 15 is 0 Å². The van der Waals surface area contributed by atoms with Gasteiger partial charge in [-0.15, -0.1) is 0 Å². The number of benzene rings is 2. The SMILES string of the molecule is COc1ccc(OC)c(CN2CCN(C3CCN(Cc4ccccc4)CC3)CC2)c1.O=C(O)C(=O)O. The van der Waals surface area contributed by atoms with Crippen LogP contribution < -0.4 is 9.47 Å². The van der Waals surface area contributed by atoms with Crippen LogP contribution >= 0.6 is 0 Å². The molecule has 0 bridgehead atoms. The summed E-state index contributed by atoms with van der Waals surface area (Å²) in [5, 5.41) is 14.8. The molecule has 196 valence electrons. The van der Waals surface area contributed by atoms with Gasteiger partial charge in [-0.2, -0.15) is 0 Å². The molecule has 0 radical (unpaired) electrons. The monoisotopic (exact) mass is 499 g/mol. The van der Waals surface area contributed by atoms with Gasteiger partial charge in [0.05, 0.1) is 14.2 Å². The lowest BCUT2D eigenvalue weighted by Crippen LogP contribution is -2.52. The van der Waals surface area contributed by atoms with Gasteiger partial charge >= 0.3 is 11.9 Å². The molecule has 0 amide bonds. The first-order valence-corrected chi connectivity index (χ1v) is 12.3. The number of nitrogens with zero attached hydrogens (tertiary/aromatic N) is 3. The highest BCUT2D eigenvalue weighted by Crippen LogP contribution is 2.26. The van der Waals surface area contributed by atoms with Crippen LogP contribution in [0, 0.1) is 0 Å². The van der Waals surface area contributed by atoms with Crippen LogP contribution in [0.3, 0.4) is 0 Å². The third-order valence-electron chi connectivity index (χ3n) is 6.79. The van der Waals surface area contributed by atoms with Crippen LogP contribution in [0.5, 0.6) is 11.5 Å². The van der Waals surface area contributed by atoms with Crippen LogP contribution in [0.25, 0.3) is 0 Å². The van der Waals surface area contributed by atoms with Crippen molar-refractivity contribution in [2.45, 2.75) is 32.0 Å². The largest absolute Gasteiger partial charge is 0.497 e. The first-order chi connectivity index (χ1) is 17.4. The van der Waals surface area contributed by atoms with E-state index in [1.807, 2.05) is 12.1 Å². The number of likely N-dealkylation sites (tertiary alicyclic amines) is 1. The van der Waals surface area contributed by atoms with Gasteiger partial charge < -0.3 is 19.7 Å². The minimum Gasteiger partial charge on any atom is -0.497 e. The molecule has 0 aliphatic carbocycles. The molecule has 9 nitrogen and oxygen atoms in total. The molecule has 0 unspecified atom stereocenters. The Kier molecular flexibility index (Phi) is 10.5. The number of aliphatic carboxylic acids is 2. The van der Waals surface area contributed by atoms with Crippen LogP contribution in [-0.4, -0.2) is 96.4 Å². The van der Waals surface area contributed by atoms with Crippen molar-refractivity contribution in [2.24, 2.45) is 0 Å². The average Bonchev–Trinajstić information content (AvgIpc) is 2.90. The Morgan fingerprint density at radius 3 is 1.97 bits per heavy atom. The van der Waals surface area contributed by atoms with E-state index in [4.69, 9.17) is 29.3 Å². The van der Waals surface area contributed by atoms with Gasteiger partial charge in [-0.05, 0) is 49.7 Å². The Labute approximate surface area is 212 Å². The van der Waals surface area contributed by atoms with E-state index in [0.717, 1.165) is 56.8 Å². The number of hydrogen-bond acceptors (Lipinski definition) is 7. The minimum atomic E-state index is -1.82. The van der Waals surface area contributed by atoms with Crippen molar-refractivity contribution in [2.75, 3.05) is 53.5 Å². The predicted molar refractivity (Wildman–Crippen MR) is 136 cm³/mol. The molecule has 0 spiro atoms. The van der Waals surface area contributed by atoms with E-state index in [1.165, 1.54) is 37.1 Å². The molecule has 2 saturated heterocycles. The molecule has 36 heavy (non-hydrogen) atoms. The van der Waals surface area contributed by atoms with Gasteiger partial charge in [0.2, 0.25) is 0 Å². The summed E-state index contributed by atoms with van der Waals surface area (Å²) in [6.45, 7) is 8.98. The van der Waals surface area contributed by atoms with Crippen molar-refractivity contribution < 1.29 is 29.3 Å². The summed E-state index contributed by atoms with van der Waals surface area (Å²) in [7, 11) is 3.46. The molecular formula is C27H37N3O6. The summed E-state index contributed by atoms with van der Waals surface area (Å²) in [6, 6.07) is 17.7. The van der Waals surface area contributed by atoms with Gasteiger partial charge in [-0.25, -0.2) is 9.59 Å². The smallest absolute Gasteiger partial charge is 0.414 e. The fourth-order valence-corrected chi connectivity index (χ4v) is 4.82. The van der Waals surface area contributed by atoms with Crippen molar-refractivity contribution in [3.63, 3.8) is 0 Å². The van der Waals surface area contributed by atoms with Crippen molar-refractivity contribution in [1.82, 2.24) is 14.7 Å². The van der Waals surface area contributed by atoms with Gasteiger partial charge in [0.25, 0.3) is 0 Å². The van der Waals surface area contributed by atoms with Crippen molar-refractivity contribution in [3.8, 4) is 11.5 Å². The number of rotatable bonds is 7. The maximum absolute atomic E-state index is 9.10. The molecule has 2 N–H and O–H groups in total. The predicted octanol–water partition coefficient (Wildman–Crippen LogP) is 2.64. The normalized spacial score (nSPS) is 17.6. The zero-order valence-corrected chi connectivity index (χ0v) is 21.1. The van der Waals surface area contributed by atoms with E-state index in [2.05, 4.69) is 51.1 Å². The van der Waals surface area contributed by atoms with Crippen LogP contribution in [0.4, 0.5) is 0 Å². The summed E-state index contributed by atoms with van der Waals surface area (Å²) in [6.07, 6.45) is 2.58. The highest BCUT2D eigenvalue weighted by molar-refractivity contribution is 6.27. The number of piperazine rings is 1. The van der Waals surface area contributed by atoms with Gasteiger partial charge in [0, 0.05) is 50.9 Å². The highest BCUT2D eigenvalue weighted by Gasteiger charge is 2.27. The zero-order chi connectivity index (χ0) is 25.9. The number of hydrogen-bond donors (Lipinski definition) is 2. The molecule has 4 rings (SSSR count). The molecule has 2 heterocycles. The molecule has 0 saturated carbocycles. The number of carboxylic acid groups (broad SMARTS) is 2. The lowest BCUT2D eigenvalue weighted by Gasteiger charge is -2.43. The Bertz CT molecular complexity index is 959. The van der Waals surface area contributed by atoms with Crippen LogP contribution in [-0.2, 0) is 22.7 Å². The molecule has 2 aromatic carbocycles. The third-order valence-corrected chi connectivity index (χ3v) is 6.79. The molecule has 0 aromatic heterocycles. The first-order valence-electron chi connectivity index (χ1n) is 12.3. The summed E-state index contributed by atoms with van der Waals surface area (Å²) < 4.78 is 11.0. The van der Waals surface area contributed by atoms with Crippen LogP contribution in [0.1, 0.15) is 24.0 Å². The van der Waals surface area contributed by atoms with Gasteiger partial charge in [-0.3, -0.25) is 14.7 Å². The fraction of sp³-hybridized carbons (Fsp3) is 0.481. The maximum Gasteiger partial charge on any atom is 0.414 e. The molecule has 2 aliphatic heterocycles. The van der Waals surface area contributed by atoms with E-state index in [9.17, 15) is 0 Å². The van der Waals surface area contributed by atoms with Crippen molar-refractivity contribution in [1.29, 1.82) is 0 Å². The molecular weight excluding hydrogens is 462 g/mol. The number of piperidine rings is 1. The molecule has 2 fully saturated rings. The molecule has 0 atom stereocenters. The standard InChI is InChI=1S/C25H35N3O2.C2H2O4/c1-29-24-8-9-25(30-2)22(18-24)20-27-14-16-28(17-15-27)23-10-12-26(13-11-23)19-21-6-4-3-5-7-21;3-1(4)2(5)6/h3-9,18,23H,10-17,19-20H2,1-2H3;(H,3,4)(H,5,6). The zero-order valence-electron chi connectivity index (χ0n) is 21.1. The third kappa shape index (κ3) is 8.22. The number of ether oxygens (including phenoxy) is 2. The van der Waals surface area contributed by atoms with E-state index in [-0.39, 0.29) is 0 Å². The van der Waals surface area contributed by atoms with Gasteiger partial charge in [-0.1, -0.05) is 30.3 Å². The number of methoxy groups -OCH3 is 2. The Balaban J connectivity index is 0.000000538. The second kappa shape index (κ2) is 13.8. The Hall–Kier alpha value is -3.14.